The number of hydrogen-bond donors (Lipinski definition) is 2. The monoisotopic (exact) mass is 390 g/mol. The molecular formula is C6H2F12N2O2Si. The zero-order chi connectivity index (χ0) is 19.1. The lowest BCUT2D eigenvalue weighted by atomic mass is 10.6. The van der Waals surface area contributed by atoms with Crippen LogP contribution < -0.4 is 9.96 Å². The fourth-order valence-corrected chi connectivity index (χ4v) is 2.87. The van der Waals surface area contributed by atoms with E-state index in [1.165, 1.54) is 0 Å². The second-order valence-electron chi connectivity index (χ2n) is 3.65. The maximum atomic E-state index is 12.5. The predicted molar refractivity (Wildman–Crippen MR) is 46.3 cm³/mol. The van der Waals surface area contributed by atoms with E-state index in [0.717, 1.165) is 0 Å². The molecule has 0 aromatic heterocycles. The van der Waals surface area contributed by atoms with Crippen molar-refractivity contribution in [3.63, 3.8) is 0 Å². The number of rotatable bonds is 2. The molecule has 0 fully saturated rings. The minimum Gasteiger partial charge on any atom is -0.344 e. The summed E-state index contributed by atoms with van der Waals surface area (Å²) in [6.45, 7) is 0. The molecule has 4 nitrogen and oxygen atoms in total. The van der Waals surface area contributed by atoms with Gasteiger partial charge in [-0.25, -0.2) is 0 Å². The molecule has 0 aromatic carbocycles. The molecule has 0 aromatic rings. The van der Waals surface area contributed by atoms with Crippen molar-refractivity contribution in [2.45, 2.75) is 24.0 Å². The molecule has 23 heavy (non-hydrogen) atoms. The van der Waals surface area contributed by atoms with Gasteiger partial charge in [-0.15, -0.1) is 0 Å². The smallest absolute Gasteiger partial charge is 0.344 e. The summed E-state index contributed by atoms with van der Waals surface area (Å²) in [6.07, 6.45) is -12.6. The van der Waals surface area contributed by atoms with E-state index in [0.29, 0.717) is 0 Å². The summed E-state index contributed by atoms with van der Waals surface area (Å²) in [5.74, 6) is -21.3. The van der Waals surface area contributed by atoms with Gasteiger partial charge in [0.2, 0.25) is 0 Å². The van der Waals surface area contributed by atoms with Crippen molar-refractivity contribution in [2.24, 2.45) is 0 Å². The van der Waals surface area contributed by atoms with Gasteiger partial charge in [0, 0.05) is 0 Å². The Kier molecular flexibility index (Phi) is 5.33. The van der Waals surface area contributed by atoms with Gasteiger partial charge in [0.15, 0.2) is 0 Å². The summed E-state index contributed by atoms with van der Waals surface area (Å²) in [4.78, 5) is 19.6. The lowest BCUT2D eigenvalue weighted by Gasteiger charge is -2.35. The molecule has 0 unspecified atom stereocenters. The second kappa shape index (κ2) is 5.75. The molecule has 136 valence electrons. The van der Waals surface area contributed by atoms with Crippen LogP contribution in [0.1, 0.15) is 0 Å². The van der Waals surface area contributed by atoms with E-state index in [2.05, 4.69) is 0 Å². The van der Waals surface area contributed by atoms with Crippen molar-refractivity contribution < 1.29 is 62.3 Å². The SMILES string of the molecule is O=C(N[Si](NC(=O)C(F)(F)F)(C(F)(F)F)C(F)(F)F)C(F)(F)F. The molecule has 0 saturated carbocycles. The number of halogens is 12. The maximum Gasteiger partial charge on any atom is 0.502 e. The highest BCUT2D eigenvalue weighted by molar-refractivity contribution is 6.82. The third kappa shape index (κ3) is 4.64. The number of hydrogen-bond acceptors (Lipinski definition) is 2. The van der Waals surface area contributed by atoms with E-state index in [1.807, 2.05) is 0 Å². The molecule has 0 aliphatic carbocycles. The highest BCUT2D eigenvalue weighted by Crippen LogP contribution is 2.38. The van der Waals surface area contributed by atoms with Crippen LogP contribution in [0, 0.1) is 0 Å². The van der Waals surface area contributed by atoms with Gasteiger partial charge < -0.3 is 9.96 Å². The van der Waals surface area contributed by atoms with Gasteiger partial charge in [0.1, 0.15) is 0 Å². The van der Waals surface area contributed by atoms with Crippen molar-refractivity contribution >= 4 is 20.2 Å². The van der Waals surface area contributed by atoms with Gasteiger partial charge in [-0.3, -0.25) is 9.59 Å². The minimum absolute atomic E-state index is 0.554. The van der Waals surface area contributed by atoms with E-state index in [9.17, 15) is 62.3 Å². The van der Waals surface area contributed by atoms with E-state index >= 15 is 0 Å². The Bertz CT molecular complexity index is 430. The van der Waals surface area contributed by atoms with Crippen molar-refractivity contribution in [1.29, 1.82) is 0 Å². The van der Waals surface area contributed by atoms with E-state index < -0.39 is 54.1 Å². The quantitative estimate of drug-likeness (QED) is 0.560. The van der Waals surface area contributed by atoms with Gasteiger partial charge in [0.05, 0.1) is 0 Å². The predicted octanol–water partition coefficient (Wildman–Crippen LogP) is 1.99. The third-order valence-electron chi connectivity index (χ3n) is 1.97. The third-order valence-corrected chi connectivity index (χ3v) is 4.87. The van der Waals surface area contributed by atoms with Crippen LogP contribution in [0.3, 0.4) is 0 Å². The fraction of sp³-hybridized carbons (Fsp3) is 0.667. The maximum absolute atomic E-state index is 12.5. The van der Waals surface area contributed by atoms with Gasteiger partial charge in [-0.05, 0) is 0 Å². The Morgan fingerprint density at radius 2 is 0.783 bits per heavy atom. The molecule has 0 bridgehead atoms. The highest BCUT2D eigenvalue weighted by atomic mass is 28.4. The fourth-order valence-electron chi connectivity index (χ4n) is 0.958. The Labute approximate surface area is 118 Å². The average molecular weight is 390 g/mol. The van der Waals surface area contributed by atoms with Gasteiger partial charge in [0.25, 0.3) is 0 Å². The van der Waals surface area contributed by atoms with Crippen LogP contribution in [0.4, 0.5) is 52.7 Å². The first-order valence-electron chi connectivity index (χ1n) is 4.68. The topological polar surface area (TPSA) is 58.2 Å². The standard InChI is InChI=1S/C6H2F12N2O2Si/c7-3(8,9)1(21)19-23(5(13,14)15,6(16,17)18)20-2(22)4(10,11)12/h(H,19,21)(H,20,22). The Morgan fingerprint density at radius 3 is 0.913 bits per heavy atom. The van der Waals surface area contributed by atoms with E-state index in [-0.39, 0.29) is 0 Å². The molecule has 0 heterocycles. The molecule has 2 N–H and O–H groups in total. The first-order valence-corrected chi connectivity index (χ1v) is 6.68. The molecule has 2 amide bonds. The Hall–Kier alpha value is -1.68. The minimum atomic E-state index is -8.18. The second-order valence-corrected chi connectivity index (χ2v) is 6.78. The summed E-state index contributed by atoms with van der Waals surface area (Å²) in [6, 6.07) is 0. The first-order chi connectivity index (χ1) is 9.76. The van der Waals surface area contributed by atoms with Crippen LogP contribution in [0.5, 0.6) is 0 Å². The highest BCUT2D eigenvalue weighted by Gasteiger charge is 2.79. The number of carbonyl (C=O) groups excluding carboxylic acids is 2. The van der Waals surface area contributed by atoms with E-state index in [4.69, 9.17) is 0 Å². The molecule has 0 atom stereocenters. The lowest BCUT2D eigenvalue weighted by molar-refractivity contribution is -0.178. The molecule has 0 aliphatic rings. The van der Waals surface area contributed by atoms with E-state index in [1.54, 1.807) is 0 Å². The Balaban J connectivity index is 6.15. The van der Waals surface area contributed by atoms with Crippen molar-refractivity contribution in [3.8, 4) is 0 Å². The summed E-state index contributed by atoms with van der Waals surface area (Å²) in [5.41, 5.74) is 0. The lowest BCUT2D eigenvalue weighted by Crippen LogP contribution is -2.83. The zero-order valence-electron chi connectivity index (χ0n) is 9.85. The summed E-state index contributed by atoms with van der Waals surface area (Å²) >= 11 is 0. The zero-order valence-corrected chi connectivity index (χ0v) is 10.9. The van der Waals surface area contributed by atoms with Crippen molar-refractivity contribution in [1.82, 2.24) is 9.96 Å². The summed E-state index contributed by atoms with van der Waals surface area (Å²) < 4.78 is 146. The van der Waals surface area contributed by atoms with Crippen LogP contribution >= 0.6 is 0 Å². The van der Waals surface area contributed by atoms with Gasteiger partial charge in [-0.2, -0.15) is 52.7 Å². The molecule has 0 saturated heterocycles. The summed E-state index contributed by atoms with van der Waals surface area (Å²) in [5, 5.41) is 0. The average Bonchev–Trinajstić information content (AvgIpc) is 2.21. The van der Waals surface area contributed by atoms with Crippen LogP contribution in [0.2, 0.25) is 0 Å². The molecule has 17 heteroatoms. The normalized spacial score (nSPS) is 14.4. The summed E-state index contributed by atoms with van der Waals surface area (Å²) in [7, 11) is -8.18. The van der Waals surface area contributed by atoms with Gasteiger partial charge >= 0.3 is 44.2 Å². The number of alkyl halides is 12. The molecule has 0 spiro atoms. The molecule has 0 radical (unpaired) electrons. The van der Waals surface area contributed by atoms with Crippen LogP contribution in [-0.4, -0.2) is 44.2 Å². The molecule has 0 rings (SSSR count). The Morgan fingerprint density at radius 1 is 0.565 bits per heavy atom. The van der Waals surface area contributed by atoms with Crippen LogP contribution in [-0.2, 0) is 9.59 Å². The number of amides is 2. The van der Waals surface area contributed by atoms with Crippen LogP contribution in [0.15, 0.2) is 0 Å². The molecular weight excluding hydrogens is 388 g/mol. The largest absolute Gasteiger partial charge is 0.502 e. The molecule has 0 aliphatic heterocycles. The number of carbonyl (C=O) groups is 2. The van der Waals surface area contributed by atoms with Crippen molar-refractivity contribution in [3.05, 3.63) is 0 Å². The van der Waals surface area contributed by atoms with Crippen LogP contribution in [0.25, 0.3) is 0 Å². The first kappa shape index (κ1) is 21.3. The number of nitrogens with one attached hydrogen (secondary N) is 2. The van der Waals surface area contributed by atoms with Crippen molar-refractivity contribution in [2.75, 3.05) is 0 Å². The van der Waals surface area contributed by atoms with Gasteiger partial charge in [-0.1, -0.05) is 0 Å².